The highest BCUT2D eigenvalue weighted by molar-refractivity contribution is 5.94. The SMILES string of the molecule is CC1(C)C[C@@H](NC(=O)c2ccc(OCc3ccccc3)nc2)CCO1. The van der Waals surface area contributed by atoms with Gasteiger partial charge in [-0.2, -0.15) is 0 Å². The molecule has 0 spiro atoms. The van der Waals surface area contributed by atoms with E-state index in [0.717, 1.165) is 18.4 Å². The average molecular weight is 340 g/mol. The molecule has 0 radical (unpaired) electrons. The first-order chi connectivity index (χ1) is 12.0. The van der Waals surface area contributed by atoms with E-state index in [0.29, 0.717) is 24.7 Å². The fourth-order valence-corrected chi connectivity index (χ4v) is 2.96. The molecular formula is C20H24N2O3. The van der Waals surface area contributed by atoms with Crippen LogP contribution in [0.4, 0.5) is 0 Å². The number of nitrogens with zero attached hydrogens (tertiary/aromatic N) is 1. The second-order valence-electron chi connectivity index (χ2n) is 6.93. The van der Waals surface area contributed by atoms with Gasteiger partial charge < -0.3 is 14.8 Å². The van der Waals surface area contributed by atoms with E-state index in [2.05, 4.69) is 10.3 Å². The van der Waals surface area contributed by atoms with Crippen molar-refractivity contribution in [2.75, 3.05) is 6.61 Å². The minimum atomic E-state index is -0.191. The lowest BCUT2D eigenvalue weighted by Gasteiger charge is -2.35. The van der Waals surface area contributed by atoms with Gasteiger partial charge in [0, 0.05) is 24.9 Å². The third kappa shape index (κ3) is 5.03. The van der Waals surface area contributed by atoms with Crippen molar-refractivity contribution in [3.63, 3.8) is 0 Å². The highest BCUT2D eigenvalue weighted by Crippen LogP contribution is 2.24. The molecule has 1 aromatic heterocycles. The number of ether oxygens (including phenoxy) is 2. The Balaban J connectivity index is 1.53. The van der Waals surface area contributed by atoms with Crippen LogP contribution in [0.15, 0.2) is 48.7 Å². The van der Waals surface area contributed by atoms with E-state index in [-0.39, 0.29) is 17.6 Å². The standard InChI is InChI=1S/C20H24N2O3/c1-20(2)12-17(10-11-25-20)22-19(23)16-8-9-18(21-13-16)24-14-15-6-4-3-5-7-15/h3-9,13,17H,10-12,14H2,1-2H3,(H,22,23)/t17-/m0/s1. The summed E-state index contributed by atoms with van der Waals surface area (Å²) < 4.78 is 11.3. The quantitative estimate of drug-likeness (QED) is 0.907. The smallest absolute Gasteiger partial charge is 0.253 e. The van der Waals surface area contributed by atoms with E-state index in [1.165, 1.54) is 0 Å². The molecule has 1 aromatic carbocycles. The fourth-order valence-electron chi connectivity index (χ4n) is 2.96. The van der Waals surface area contributed by atoms with Gasteiger partial charge in [0.1, 0.15) is 6.61 Å². The number of benzene rings is 1. The summed E-state index contributed by atoms with van der Waals surface area (Å²) in [6, 6.07) is 13.5. The Labute approximate surface area is 148 Å². The highest BCUT2D eigenvalue weighted by Gasteiger charge is 2.29. The Morgan fingerprint density at radius 3 is 2.76 bits per heavy atom. The molecule has 1 saturated heterocycles. The van der Waals surface area contributed by atoms with Crippen molar-refractivity contribution in [3.8, 4) is 5.88 Å². The molecule has 0 unspecified atom stereocenters. The molecule has 0 saturated carbocycles. The van der Waals surface area contributed by atoms with Gasteiger partial charge in [-0.05, 0) is 38.3 Å². The van der Waals surface area contributed by atoms with Crippen molar-refractivity contribution in [1.82, 2.24) is 10.3 Å². The van der Waals surface area contributed by atoms with Crippen LogP contribution >= 0.6 is 0 Å². The molecule has 1 atom stereocenters. The monoisotopic (exact) mass is 340 g/mol. The van der Waals surface area contributed by atoms with Crippen LogP contribution in [0.2, 0.25) is 0 Å². The fraction of sp³-hybridized carbons (Fsp3) is 0.400. The lowest BCUT2D eigenvalue weighted by molar-refractivity contribution is -0.0615. The first-order valence-electron chi connectivity index (χ1n) is 8.59. The molecule has 2 heterocycles. The van der Waals surface area contributed by atoms with E-state index in [1.807, 2.05) is 44.2 Å². The second kappa shape index (κ2) is 7.66. The number of carbonyl (C=O) groups excluding carboxylic acids is 1. The molecule has 1 aliphatic rings. The number of nitrogens with one attached hydrogen (secondary N) is 1. The van der Waals surface area contributed by atoms with E-state index < -0.39 is 0 Å². The normalized spacial score (nSPS) is 19.2. The van der Waals surface area contributed by atoms with Crippen molar-refractivity contribution in [1.29, 1.82) is 0 Å². The van der Waals surface area contributed by atoms with Gasteiger partial charge in [-0.25, -0.2) is 4.98 Å². The predicted octanol–water partition coefficient (Wildman–Crippen LogP) is 3.35. The third-order valence-corrected chi connectivity index (χ3v) is 4.26. The number of rotatable bonds is 5. The highest BCUT2D eigenvalue weighted by atomic mass is 16.5. The number of carbonyl (C=O) groups is 1. The molecule has 1 N–H and O–H groups in total. The summed E-state index contributed by atoms with van der Waals surface area (Å²) in [4.78, 5) is 16.6. The Kier molecular flexibility index (Phi) is 5.34. The molecule has 0 bridgehead atoms. The van der Waals surface area contributed by atoms with E-state index in [4.69, 9.17) is 9.47 Å². The molecule has 1 amide bonds. The third-order valence-electron chi connectivity index (χ3n) is 4.26. The lowest BCUT2D eigenvalue weighted by Crippen LogP contribution is -2.45. The van der Waals surface area contributed by atoms with Crippen molar-refractivity contribution < 1.29 is 14.3 Å². The Morgan fingerprint density at radius 2 is 2.08 bits per heavy atom. The summed E-state index contributed by atoms with van der Waals surface area (Å²) in [5.74, 6) is 0.400. The first kappa shape index (κ1) is 17.4. The van der Waals surface area contributed by atoms with E-state index in [1.54, 1.807) is 18.3 Å². The predicted molar refractivity (Wildman–Crippen MR) is 95.5 cm³/mol. The molecule has 2 aromatic rings. The summed E-state index contributed by atoms with van der Waals surface area (Å²) in [5.41, 5.74) is 1.42. The number of hydrogen-bond acceptors (Lipinski definition) is 4. The number of pyridine rings is 1. The van der Waals surface area contributed by atoms with Crippen LogP contribution in [-0.4, -0.2) is 29.1 Å². The van der Waals surface area contributed by atoms with Crippen molar-refractivity contribution >= 4 is 5.91 Å². The molecular weight excluding hydrogens is 316 g/mol. The maximum Gasteiger partial charge on any atom is 0.253 e. The second-order valence-corrected chi connectivity index (χ2v) is 6.93. The van der Waals surface area contributed by atoms with Gasteiger partial charge >= 0.3 is 0 Å². The van der Waals surface area contributed by atoms with Crippen LogP contribution < -0.4 is 10.1 Å². The Hall–Kier alpha value is -2.40. The zero-order valence-corrected chi connectivity index (χ0v) is 14.7. The molecule has 25 heavy (non-hydrogen) atoms. The largest absolute Gasteiger partial charge is 0.473 e. The maximum atomic E-state index is 12.4. The molecule has 0 aliphatic carbocycles. The number of amides is 1. The summed E-state index contributed by atoms with van der Waals surface area (Å²) in [5, 5.41) is 3.07. The van der Waals surface area contributed by atoms with Crippen LogP contribution in [0.3, 0.4) is 0 Å². The molecule has 5 nitrogen and oxygen atoms in total. The van der Waals surface area contributed by atoms with Crippen molar-refractivity contribution in [2.24, 2.45) is 0 Å². The first-order valence-corrected chi connectivity index (χ1v) is 8.59. The van der Waals surface area contributed by atoms with Gasteiger partial charge in [-0.3, -0.25) is 4.79 Å². The molecule has 1 fully saturated rings. The summed E-state index contributed by atoms with van der Waals surface area (Å²) in [7, 11) is 0. The van der Waals surface area contributed by atoms with E-state index in [9.17, 15) is 4.79 Å². The Bertz CT molecular complexity index is 699. The Morgan fingerprint density at radius 1 is 1.28 bits per heavy atom. The lowest BCUT2D eigenvalue weighted by atomic mass is 9.94. The van der Waals surface area contributed by atoms with Gasteiger partial charge in [0.2, 0.25) is 5.88 Å². The zero-order valence-electron chi connectivity index (χ0n) is 14.7. The molecule has 3 rings (SSSR count). The number of hydrogen-bond donors (Lipinski definition) is 1. The zero-order chi connectivity index (χ0) is 17.7. The average Bonchev–Trinajstić information content (AvgIpc) is 2.60. The van der Waals surface area contributed by atoms with Crippen LogP contribution in [-0.2, 0) is 11.3 Å². The van der Waals surface area contributed by atoms with Crippen LogP contribution in [0.25, 0.3) is 0 Å². The molecule has 132 valence electrons. The van der Waals surface area contributed by atoms with Gasteiger partial charge in [0.15, 0.2) is 0 Å². The minimum absolute atomic E-state index is 0.107. The van der Waals surface area contributed by atoms with E-state index >= 15 is 0 Å². The van der Waals surface area contributed by atoms with Crippen molar-refractivity contribution in [3.05, 3.63) is 59.8 Å². The van der Waals surface area contributed by atoms with Crippen LogP contribution in [0, 0.1) is 0 Å². The topological polar surface area (TPSA) is 60.5 Å². The number of aromatic nitrogens is 1. The summed E-state index contributed by atoms with van der Waals surface area (Å²) in [6.07, 6.45) is 3.20. The summed E-state index contributed by atoms with van der Waals surface area (Å²) in [6.45, 7) is 5.22. The van der Waals surface area contributed by atoms with Gasteiger partial charge in [0.25, 0.3) is 5.91 Å². The van der Waals surface area contributed by atoms with Gasteiger partial charge in [-0.1, -0.05) is 30.3 Å². The van der Waals surface area contributed by atoms with Crippen LogP contribution in [0.5, 0.6) is 5.88 Å². The molecule has 1 aliphatic heterocycles. The van der Waals surface area contributed by atoms with Gasteiger partial charge in [0.05, 0.1) is 11.2 Å². The molecule has 5 heteroatoms. The van der Waals surface area contributed by atoms with Crippen molar-refractivity contribution in [2.45, 2.75) is 44.9 Å². The van der Waals surface area contributed by atoms with Crippen LogP contribution in [0.1, 0.15) is 42.6 Å². The summed E-state index contributed by atoms with van der Waals surface area (Å²) >= 11 is 0. The van der Waals surface area contributed by atoms with Gasteiger partial charge in [-0.15, -0.1) is 0 Å². The maximum absolute atomic E-state index is 12.4. The minimum Gasteiger partial charge on any atom is -0.473 e.